The zero-order valence-electron chi connectivity index (χ0n) is 16.2. The molecule has 8 nitrogen and oxygen atoms in total. The molecule has 29 heavy (non-hydrogen) atoms. The van der Waals surface area contributed by atoms with Crippen molar-refractivity contribution in [3.05, 3.63) is 0 Å². The third kappa shape index (κ3) is 5.81. The number of sulfonamides is 1. The summed E-state index contributed by atoms with van der Waals surface area (Å²) in [6.45, 7) is 7.46. The van der Waals surface area contributed by atoms with Gasteiger partial charge in [0.15, 0.2) is 0 Å². The van der Waals surface area contributed by atoms with E-state index in [-0.39, 0.29) is 17.4 Å². The summed E-state index contributed by atoms with van der Waals surface area (Å²) in [5.41, 5.74) is 0. The fraction of sp³-hybridized carbons (Fsp3) is 0.941. The van der Waals surface area contributed by atoms with Gasteiger partial charge >= 0.3 is 12.1 Å². The van der Waals surface area contributed by atoms with Gasteiger partial charge in [0, 0.05) is 32.7 Å². The van der Waals surface area contributed by atoms with Gasteiger partial charge in [0.2, 0.25) is 10.0 Å². The predicted molar refractivity (Wildman–Crippen MR) is 98.0 cm³/mol. The van der Waals surface area contributed by atoms with Gasteiger partial charge in [-0.25, -0.2) is 13.2 Å². The molecule has 0 unspecified atom stereocenters. The number of carboxylic acid groups (broad SMARTS) is 1. The van der Waals surface area contributed by atoms with Crippen LogP contribution in [-0.2, 0) is 19.6 Å². The molecule has 1 N–H and O–H groups in total. The highest BCUT2D eigenvalue weighted by atomic mass is 32.2. The molecule has 12 heteroatoms. The summed E-state index contributed by atoms with van der Waals surface area (Å²) in [4.78, 5) is 13.9. The third-order valence-electron chi connectivity index (χ3n) is 5.83. The van der Waals surface area contributed by atoms with Crippen molar-refractivity contribution in [2.75, 3.05) is 52.4 Å². The average molecular weight is 443 g/mol. The Morgan fingerprint density at radius 2 is 1.69 bits per heavy atom. The Bertz CT molecular complexity index is 680. The number of morpholine rings is 1. The van der Waals surface area contributed by atoms with Crippen molar-refractivity contribution >= 4 is 16.0 Å². The lowest BCUT2D eigenvalue weighted by molar-refractivity contribution is -0.192. The van der Waals surface area contributed by atoms with Crippen LogP contribution in [0.15, 0.2) is 0 Å². The molecule has 0 bridgehead atoms. The van der Waals surface area contributed by atoms with Crippen molar-refractivity contribution < 1.29 is 36.2 Å². The smallest absolute Gasteiger partial charge is 0.475 e. The zero-order chi connectivity index (χ0) is 21.2. The minimum absolute atomic E-state index is 0.0702. The van der Waals surface area contributed by atoms with Gasteiger partial charge < -0.3 is 14.7 Å². The molecule has 0 spiro atoms. The van der Waals surface area contributed by atoms with Crippen molar-refractivity contribution in [1.29, 1.82) is 0 Å². The van der Waals surface area contributed by atoms with E-state index in [2.05, 4.69) is 9.80 Å². The number of nitrogens with zero attached hydrogens (tertiary/aromatic N) is 3. The van der Waals surface area contributed by atoms with Gasteiger partial charge in [-0.1, -0.05) is 0 Å². The number of ether oxygens (including phenoxy) is 1. The third-order valence-corrected chi connectivity index (χ3v) is 8.16. The fourth-order valence-corrected chi connectivity index (χ4v) is 5.93. The lowest BCUT2D eigenvalue weighted by Crippen LogP contribution is -2.52. The summed E-state index contributed by atoms with van der Waals surface area (Å²) in [7, 11) is -3.06. The van der Waals surface area contributed by atoms with Crippen LogP contribution in [-0.4, -0.2) is 110 Å². The SMILES string of the molecule is O=C(O)C(F)(F)F.O=S(=O)(C1CC1)N1C[C@@H]2OCCN(CCN3CCCC3)[C@@H]2C1. The topological polar surface area (TPSA) is 90.4 Å². The monoisotopic (exact) mass is 443 g/mol. The van der Waals surface area contributed by atoms with Crippen LogP contribution in [0.2, 0.25) is 0 Å². The molecule has 0 amide bonds. The molecule has 4 fully saturated rings. The van der Waals surface area contributed by atoms with Gasteiger partial charge in [0.25, 0.3) is 0 Å². The Labute approximate surface area is 168 Å². The van der Waals surface area contributed by atoms with E-state index in [9.17, 15) is 21.6 Å². The van der Waals surface area contributed by atoms with Crippen LogP contribution in [0.25, 0.3) is 0 Å². The number of hydrogen-bond acceptors (Lipinski definition) is 6. The van der Waals surface area contributed by atoms with E-state index >= 15 is 0 Å². The largest absolute Gasteiger partial charge is 0.490 e. The second-order valence-corrected chi connectivity index (χ2v) is 10.1. The second-order valence-electron chi connectivity index (χ2n) is 7.93. The standard InChI is InChI=1S/C15H27N3O3S.C2HF3O2/c19-22(20,13-3-4-13)18-11-14-15(12-18)21-10-9-17(14)8-7-16-5-1-2-6-16;3-2(4,5)1(6)7/h13-15H,1-12H2;(H,6,7)/t14-,15+;/m1./s1. The number of rotatable bonds is 5. The van der Waals surface area contributed by atoms with Crippen LogP contribution in [0.4, 0.5) is 13.2 Å². The normalized spacial score (nSPS) is 29.3. The lowest BCUT2D eigenvalue weighted by Gasteiger charge is -2.37. The molecule has 4 rings (SSSR count). The van der Waals surface area contributed by atoms with Crippen molar-refractivity contribution in [2.24, 2.45) is 0 Å². The average Bonchev–Trinajstić information content (AvgIpc) is 3.21. The van der Waals surface area contributed by atoms with E-state index in [0.717, 1.165) is 39.1 Å². The molecular formula is C17H28F3N3O5S. The van der Waals surface area contributed by atoms with Crippen LogP contribution in [0, 0.1) is 0 Å². The molecule has 2 atom stereocenters. The Morgan fingerprint density at radius 1 is 1.07 bits per heavy atom. The summed E-state index contributed by atoms with van der Waals surface area (Å²) >= 11 is 0. The van der Waals surface area contributed by atoms with Crippen LogP contribution in [0.3, 0.4) is 0 Å². The highest BCUT2D eigenvalue weighted by molar-refractivity contribution is 7.90. The van der Waals surface area contributed by atoms with Crippen LogP contribution in [0.1, 0.15) is 25.7 Å². The first-order valence-corrected chi connectivity index (χ1v) is 11.5. The van der Waals surface area contributed by atoms with Gasteiger partial charge in [-0.15, -0.1) is 0 Å². The van der Waals surface area contributed by atoms with Crippen LogP contribution < -0.4 is 0 Å². The minimum atomic E-state index is -5.08. The molecule has 3 heterocycles. The molecule has 3 saturated heterocycles. The van der Waals surface area contributed by atoms with Crippen molar-refractivity contribution in [2.45, 2.75) is 49.3 Å². The maximum absolute atomic E-state index is 12.5. The van der Waals surface area contributed by atoms with Gasteiger partial charge in [0.05, 0.1) is 24.0 Å². The molecular weight excluding hydrogens is 415 g/mol. The second kappa shape index (κ2) is 9.04. The maximum Gasteiger partial charge on any atom is 0.490 e. The highest BCUT2D eigenvalue weighted by Crippen LogP contribution is 2.34. The first kappa shape index (κ1) is 22.7. The number of alkyl halides is 3. The number of fused-ring (bicyclic) bond motifs is 1. The zero-order valence-corrected chi connectivity index (χ0v) is 17.0. The molecule has 0 radical (unpaired) electrons. The van der Waals surface area contributed by atoms with Gasteiger partial charge in [-0.05, 0) is 38.8 Å². The van der Waals surface area contributed by atoms with Crippen molar-refractivity contribution in [1.82, 2.24) is 14.1 Å². The number of hydrogen-bond donors (Lipinski definition) is 1. The number of halogens is 3. The highest BCUT2D eigenvalue weighted by Gasteiger charge is 2.48. The van der Waals surface area contributed by atoms with Crippen LogP contribution >= 0.6 is 0 Å². The number of carboxylic acids is 1. The van der Waals surface area contributed by atoms with E-state index in [1.54, 1.807) is 4.31 Å². The predicted octanol–water partition coefficient (Wildman–Crippen LogP) is 0.593. The lowest BCUT2D eigenvalue weighted by atomic mass is 10.1. The number of aliphatic carboxylic acids is 1. The Morgan fingerprint density at radius 3 is 2.24 bits per heavy atom. The summed E-state index contributed by atoms with van der Waals surface area (Å²) in [6, 6.07) is 0.255. The first-order chi connectivity index (χ1) is 13.6. The summed E-state index contributed by atoms with van der Waals surface area (Å²) < 4.78 is 64.2. The van der Waals surface area contributed by atoms with Crippen molar-refractivity contribution in [3.63, 3.8) is 0 Å². The van der Waals surface area contributed by atoms with E-state index < -0.39 is 22.2 Å². The van der Waals surface area contributed by atoms with Gasteiger partial charge in [-0.2, -0.15) is 17.5 Å². The van der Waals surface area contributed by atoms with Gasteiger partial charge in [0.1, 0.15) is 0 Å². The summed E-state index contributed by atoms with van der Waals surface area (Å²) in [5.74, 6) is -2.76. The molecule has 0 aromatic rings. The quantitative estimate of drug-likeness (QED) is 0.665. The fourth-order valence-electron chi connectivity index (χ4n) is 4.06. The molecule has 3 aliphatic heterocycles. The first-order valence-electron chi connectivity index (χ1n) is 9.96. The maximum atomic E-state index is 12.5. The molecule has 0 aromatic heterocycles. The Hall–Kier alpha value is -0.950. The molecule has 168 valence electrons. The van der Waals surface area contributed by atoms with E-state index in [0.29, 0.717) is 13.1 Å². The Kier molecular flexibility index (Phi) is 7.09. The van der Waals surface area contributed by atoms with E-state index in [1.807, 2.05) is 0 Å². The van der Waals surface area contributed by atoms with Gasteiger partial charge in [-0.3, -0.25) is 4.90 Å². The number of likely N-dealkylation sites (tertiary alicyclic amines) is 1. The number of carbonyl (C=O) groups is 1. The molecule has 0 aromatic carbocycles. The van der Waals surface area contributed by atoms with E-state index in [4.69, 9.17) is 14.6 Å². The van der Waals surface area contributed by atoms with Crippen molar-refractivity contribution in [3.8, 4) is 0 Å². The van der Waals surface area contributed by atoms with E-state index in [1.165, 1.54) is 25.9 Å². The molecule has 1 aliphatic carbocycles. The Balaban J connectivity index is 0.000000298. The van der Waals surface area contributed by atoms with Crippen LogP contribution in [0.5, 0.6) is 0 Å². The molecule has 1 saturated carbocycles. The molecule has 4 aliphatic rings. The summed E-state index contributed by atoms with van der Waals surface area (Å²) in [5, 5.41) is 7.02. The summed E-state index contributed by atoms with van der Waals surface area (Å²) in [6.07, 6.45) is -0.687. The minimum Gasteiger partial charge on any atom is -0.475 e.